The summed E-state index contributed by atoms with van der Waals surface area (Å²) in [7, 11) is 0. The molecule has 0 spiro atoms. The van der Waals surface area contributed by atoms with Gasteiger partial charge in [-0.05, 0) is 24.3 Å². The van der Waals surface area contributed by atoms with Crippen molar-refractivity contribution in [1.29, 1.82) is 0 Å². The molecule has 0 aliphatic carbocycles. The Morgan fingerprint density at radius 2 is 1.72 bits per heavy atom. The number of ether oxygens (including phenoxy) is 1. The molecule has 0 unspecified atom stereocenters. The van der Waals surface area contributed by atoms with Crippen molar-refractivity contribution in [3.8, 4) is 16.9 Å². The highest BCUT2D eigenvalue weighted by molar-refractivity contribution is 6.30. The number of hydrogen-bond donors (Lipinski definition) is 2. The largest absolute Gasteiger partial charge is 0.452 e. The second-order valence-electron chi connectivity index (χ2n) is 5.98. The predicted molar refractivity (Wildman–Crippen MR) is 106 cm³/mol. The fourth-order valence-corrected chi connectivity index (χ4v) is 2.59. The van der Waals surface area contributed by atoms with Gasteiger partial charge in [-0.25, -0.2) is 9.48 Å². The Labute approximate surface area is 171 Å². The van der Waals surface area contributed by atoms with Crippen LogP contribution in [0, 0.1) is 0 Å². The van der Waals surface area contributed by atoms with E-state index in [2.05, 4.69) is 16.0 Å². The number of para-hydroxylation sites is 1. The van der Waals surface area contributed by atoms with Crippen LogP contribution in [0.4, 0.5) is 0 Å². The molecule has 0 aliphatic rings. The molecule has 3 rings (SSSR count). The maximum Gasteiger partial charge on any atom is 0.342 e. The number of aromatic nitrogens is 2. The molecule has 9 heteroatoms. The van der Waals surface area contributed by atoms with Gasteiger partial charge in [-0.2, -0.15) is 5.10 Å². The minimum absolute atomic E-state index is 0.184. The standard InChI is InChI=1S/C20H17ClN4O4/c1-13(26)22-23-18(27)12-29-20(28)17-11-25(16-5-3-2-4-6-16)24-19(17)14-7-9-15(21)10-8-14/h2-11H,12H2,1H3,(H,22,26)(H,23,27). The number of nitrogens with one attached hydrogen (secondary N) is 2. The molecule has 29 heavy (non-hydrogen) atoms. The van der Waals surface area contributed by atoms with E-state index in [1.807, 2.05) is 30.3 Å². The summed E-state index contributed by atoms with van der Waals surface area (Å²) in [5.74, 6) is -1.84. The minimum Gasteiger partial charge on any atom is -0.452 e. The molecular formula is C20H17ClN4O4. The number of amides is 2. The highest BCUT2D eigenvalue weighted by atomic mass is 35.5. The van der Waals surface area contributed by atoms with Gasteiger partial charge in [0.15, 0.2) is 6.61 Å². The molecule has 2 aromatic carbocycles. The first-order valence-corrected chi connectivity index (χ1v) is 8.95. The lowest BCUT2D eigenvalue weighted by molar-refractivity contribution is -0.129. The van der Waals surface area contributed by atoms with Crippen molar-refractivity contribution in [1.82, 2.24) is 20.6 Å². The zero-order valence-electron chi connectivity index (χ0n) is 15.4. The number of carbonyl (C=O) groups excluding carboxylic acids is 3. The molecule has 0 aliphatic heterocycles. The topological polar surface area (TPSA) is 102 Å². The Bertz CT molecular complexity index is 1030. The molecule has 0 fully saturated rings. The molecule has 0 saturated heterocycles. The lowest BCUT2D eigenvalue weighted by Crippen LogP contribution is -2.42. The molecule has 2 amide bonds. The first-order chi connectivity index (χ1) is 13.9. The van der Waals surface area contributed by atoms with Crippen LogP contribution in [0.15, 0.2) is 60.8 Å². The van der Waals surface area contributed by atoms with Gasteiger partial charge < -0.3 is 4.74 Å². The van der Waals surface area contributed by atoms with Crippen LogP contribution in [0.2, 0.25) is 5.02 Å². The third-order valence-electron chi connectivity index (χ3n) is 3.78. The molecule has 0 saturated carbocycles. The summed E-state index contributed by atoms with van der Waals surface area (Å²) in [6.45, 7) is 0.679. The summed E-state index contributed by atoms with van der Waals surface area (Å²) in [6, 6.07) is 16.1. The van der Waals surface area contributed by atoms with Gasteiger partial charge in [0.2, 0.25) is 5.91 Å². The fraction of sp³-hybridized carbons (Fsp3) is 0.100. The molecule has 1 heterocycles. The van der Waals surface area contributed by atoms with Gasteiger partial charge in [0.05, 0.1) is 5.69 Å². The van der Waals surface area contributed by atoms with E-state index in [1.54, 1.807) is 28.9 Å². The Morgan fingerprint density at radius 1 is 1.03 bits per heavy atom. The summed E-state index contributed by atoms with van der Waals surface area (Å²) in [4.78, 5) is 35.1. The normalized spacial score (nSPS) is 10.3. The van der Waals surface area contributed by atoms with Gasteiger partial charge >= 0.3 is 5.97 Å². The summed E-state index contributed by atoms with van der Waals surface area (Å²) < 4.78 is 6.63. The number of halogens is 1. The number of rotatable bonds is 5. The smallest absolute Gasteiger partial charge is 0.342 e. The molecule has 0 bridgehead atoms. The Hall–Kier alpha value is -3.65. The van der Waals surface area contributed by atoms with Crippen LogP contribution in [0.5, 0.6) is 0 Å². The molecular weight excluding hydrogens is 396 g/mol. The van der Waals surface area contributed by atoms with Crippen LogP contribution in [0.1, 0.15) is 17.3 Å². The van der Waals surface area contributed by atoms with E-state index in [-0.39, 0.29) is 5.56 Å². The first-order valence-electron chi connectivity index (χ1n) is 8.57. The number of benzene rings is 2. The number of hydrazine groups is 1. The van der Waals surface area contributed by atoms with Crippen LogP contribution in [-0.4, -0.2) is 34.2 Å². The zero-order chi connectivity index (χ0) is 20.8. The Kier molecular flexibility index (Phi) is 6.25. The average Bonchev–Trinajstić information content (AvgIpc) is 3.17. The van der Waals surface area contributed by atoms with Gasteiger partial charge in [-0.15, -0.1) is 0 Å². The van der Waals surface area contributed by atoms with E-state index in [4.69, 9.17) is 16.3 Å². The third kappa shape index (κ3) is 5.20. The maximum atomic E-state index is 12.6. The van der Waals surface area contributed by atoms with Crippen LogP contribution in [0.3, 0.4) is 0 Å². The van der Waals surface area contributed by atoms with E-state index in [0.29, 0.717) is 16.3 Å². The van der Waals surface area contributed by atoms with E-state index in [1.165, 1.54) is 13.1 Å². The number of nitrogens with zero attached hydrogens (tertiary/aromatic N) is 2. The van der Waals surface area contributed by atoms with E-state index < -0.39 is 24.4 Å². The van der Waals surface area contributed by atoms with Gasteiger partial charge in [0.1, 0.15) is 11.3 Å². The number of hydrogen-bond acceptors (Lipinski definition) is 5. The van der Waals surface area contributed by atoms with Gasteiger partial charge in [-0.1, -0.05) is 41.9 Å². The van der Waals surface area contributed by atoms with Crippen molar-refractivity contribution >= 4 is 29.4 Å². The highest BCUT2D eigenvalue weighted by Gasteiger charge is 2.21. The Morgan fingerprint density at radius 3 is 2.38 bits per heavy atom. The lowest BCUT2D eigenvalue weighted by Gasteiger charge is -2.06. The van der Waals surface area contributed by atoms with Crippen molar-refractivity contribution in [2.24, 2.45) is 0 Å². The van der Waals surface area contributed by atoms with Gasteiger partial charge in [-0.3, -0.25) is 20.4 Å². The maximum absolute atomic E-state index is 12.6. The molecule has 8 nitrogen and oxygen atoms in total. The molecule has 148 valence electrons. The van der Waals surface area contributed by atoms with Crippen LogP contribution in [0.25, 0.3) is 16.9 Å². The van der Waals surface area contributed by atoms with Crippen molar-refractivity contribution in [2.45, 2.75) is 6.92 Å². The number of carbonyl (C=O) groups is 3. The van der Waals surface area contributed by atoms with Crippen LogP contribution >= 0.6 is 11.6 Å². The Balaban J connectivity index is 1.86. The minimum atomic E-state index is -0.727. The van der Waals surface area contributed by atoms with Crippen molar-refractivity contribution in [3.63, 3.8) is 0 Å². The monoisotopic (exact) mass is 412 g/mol. The summed E-state index contributed by atoms with van der Waals surface area (Å²) in [6.07, 6.45) is 1.54. The number of esters is 1. The first kappa shape index (κ1) is 20.1. The molecule has 0 radical (unpaired) electrons. The second kappa shape index (κ2) is 9.03. The quantitative estimate of drug-likeness (QED) is 0.495. The molecule has 3 aromatic rings. The van der Waals surface area contributed by atoms with E-state index >= 15 is 0 Å². The average molecular weight is 413 g/mol. The SMILES string of the molecule is CC(=O)NNC(=O)COC(=O)c1cn(-c2ccccc2)nc1-c1ccc(Cl)cc1. The molecule has 1 aromatic heterocycles. The summed E-state index contributed by atoms with van der Waals surface area (Å²) >= 11 is 5.95. The molecule has 0 atom stereocenters. The van der Waals surface area contributed by atoms with Gasteiger partial charge in [0, 0.05) is 23.7 Å². The summed E-state index contributed by atoms with van der Waals surface area (Å²) in [5.41, 5.74) is 6.23. The van der Waals surface area contributed by atoms with E-state index in [0.717, 1.165) is 5.69 Å². The predicted octanol–water partition coefficient (Wildman–Crippen LogP) is 2.52. The fourth-order valence-electron chi connectivity index (χ4n) is 2.46. The van der Waals surface area contributed by atoms with E-state index in [9.17, 15) is 14.4 Å². The molecule has 2 N–H and O–H groups in total. The second-order valence-corrected chi connectivity index (χ2v) is 6.42. The van der Waals surface area contributed by atoms with Crippen LogP contribution in [-0.2, 0) is 14.3 Å². The van der Waals surface area contributed by atoms with Crippen LogP contribution < -0.4 is 10.9 Å². The lowest BCUT2D eigenvalue weighted by atomic mass is 10.1. The summed E-state index contributed by atoms with van der Waals surface area (Å²) in [5, 5.41) is 5.05. The van der Waals surface area contributed by atoms with Crippen molar-refractivity contribution < 1.29 is 19.1 Å². The van der Waals surface area contributed by atoms with Crippen molar-refractivity contribution in [2.75, 3.05) is 6.61 Å². The van der Waals surface area contributed by atoms with Crippen molar-refractivity contribution in [3.05, 3.63) is 71.4 Å². The zero-order valence-corrected chi connectivity index (χ0v) is 16.1. The third-order valence-corrected chi connectivity index (χ3v) is 4.04. The van der Waals surface area contributed by atoms with Gasteiger partial charge in [0.25, 0.3) is 5.91 Å². The highest BCUT2D eigenvalue weighted by Crippen LogP contribution is 2.25.